The maximum Gasteiger partial charge on any atom is 0.0642 e. The molecule has 2 rings (SSSR count). The molecule has 88 valence electrons. The van der Waals surface area contributed by atoms with E-state index in [9.17, 15) is 0 Å². The summed E-state index contributed by atoms with van der Waals surface area (Å²) in [5, 5.41) is 0. The van der Waals surface area contributed by atoms with Crippen LogP contribution in [0.15, 0.2) is 24.3 Å². The van der Waals surface area contributed by atoms with Crippen LogP contribution in [0, 0.1) is 0 Å². The normalized spacial score (nSPS) is 16.4. The van der Waals surface area contributed by atoms with Crippen LogP contribution < -0.4 is 10.4 Å². The third kappa shape index (κ3) is 2.95. The molecule has 1 N–H and O–H groups in total. The molecule has 1 saturated heterocycles. The van der Waals surface area contributed by atoms with Gasteiger partial charge in [0, 0.05) is 25.3 Å². The van der Waals surface area contributed by atoms with Gasteiger partial charge in [-0.3, -0.25) is 0 Å². The van der Waals surface area contributed by atoms with Gasteiger partial charge in [-0.2, -0.15) is 5.48 Å². The largest absolute Gasteiger partial charge is 0.378 e. The van der Waals surface area contributed by atoms with Gasteiger partial charge in [0.15, 0.2) is 0 Å². The van der Waals surface area contributed by atoms with Crippen molar-refractivity contribution < 1.29 is 9.57 Å². The van der Waals surface area contributed by atoms with Gasteiger partial charge in [0.05, 0.1) is 20.3 Å². The van der Waals surface area contributed by atoms with E-state index in [1.54, 1.807) is 7.11 Å². The zero-order chi connectivity index (χ0) is 11.2. The lowest BCUT2D eigenvalue weighted by Gasteiger charge is -2.28. The highest BCUT2D eigenvalue weighted by Gasteiger charge is 2.10. The Kier molecular flexibility index (Phi) is 4.16. The zero-order valence-electron chi connectivity index (χ0n) is 9.61. The van der Waals surface area contributed by atoms with Crippen molar-refractivity contribution in [1.29, 1.82) is 0 Å². The first-order valence-corrected chi connectivity index (χ1v) is 5.57. The second-order valence-corrected chi connectivity index (χ2v) is 3.79. The summed E-state index contributed by atoms with van der Waals surface area (Å²) in [4.78, 5) is 7.16. The predicted octanol–water partition coefficient (Wildman–Crippen LogP) is 1.17. The highest BCUT2D eigenvalue weighted by molar-refractivity contribution is 5.47. The lowest BCUT2D eigenvalue weighted by Crippen LogP contribution is -2.36. The average Bonchev–Trinajstić information content (AvgIpc) is 2.38. The van der Waals surface area contributed by atoms with Crippen molar-refractivity contribution in [3.8, 4) is 0 Å². The van der Waals surface area contributed by atoms with Crippen LogP contribution >= 0.6 is 0 Å². The SMILES string of the molecule is CONCc1ccc(N2CCOCC2)cc1. The van der Waals surface area contributed by atoms with Crippen LogP contribution in [0.1, 0.15) is 5.56 Å². The van der Waals surface area contributed by atoms with Gasteiger partial charge >= 0.3 is 0 Å². The van der Waals surface area contributed by atoms with E-state index in [1.807, 2.05) is 0 Å². The molecule has 0 amide bonds. The first-order valence-electron chi connectivity index (χ1n) is 5.57. The molecule has 1 aliphatic rings. The lowest BCUT2D eigenvalue weighted by atomic mass is 10.2. The van der Waals surface area contributed by atoms with Crippen LogP contribution in [0.2, 0.25) is 0 Å². The first-order chi connectivity index (χ1) is 7.90. The minimum absolute atomic E-state index is 0.736. The molecule has 0 atom stereocenters. The van der Waals surface area contributed by atoms with Gasteiger partial charge in [0.1, 0.15) is 0 Å². The Morgan fingerprint density at radius 3 is 2.56 bits per heavy atom. The van der Waals surface area contributed by atoms with Gasteiger partial charge in [0.2, 0.25) is 0 Å². The van der Waals surface area contributed by atoms with Crippen molar-refractivity contribution in [3.63, 3.8) is 0 Å². The molecular formula is C12H18N2O2. The van der Waals surface area contributed by atoms with E-state index in [1.165, 1.54) is 11.3 Å². The van der Waals surface area contributed by atoms with E-state index in [2.05, 4.69) is 34.6 Å². The number of ether oxygens (including phenoxy) is 1. The van der Waals surface area contributed by atoms with Gasteiger partial charge in [-0.1, -0.05) is 12.1 Å². The van der Waals surface area contributed by atoms with Crippen LogP contribution in [-0.2, 0) is 16.1 Å². The number of hydroxylamine groups is 1. The van der Waals surface area contributed by atoms with E-state index < -0.39 is 0 Å². The molecular weight excluding hydrogens is 204 g/mol. The molecule has 1 heterocycles. The number of morpholine rings is 1. The predicted molar refractivity (Wildman–Crippen MR) is 63.3 cm³/mol. The molecule has 0 unspecified atom stereocenters. The summed E-state index contributed by atoms with van der Waals surface area (Å²) in [7, 11) is 1.63. The number of nitrogens with one attached hydrogen (secondary N) is 1. The van der Waals surface area contributed by atoms with Gasteiger partial charge in [-0.05, 0) is 17.7 Å². The van der Waals surface area contributed by atoms with Gasteiger partial charge in [-0.15, -0.1) is 0 Å². The highest BCUT2D eigenvalue weighted by atomic mass is 16.6. The summed E-state index contributed by atoms with van der Waals surface area (Å²) in [6, 6.07) is 8.55. The van der Waals surface area contributed by atoms with Crippen molar-refractivity contribution in [1.82, 2.24) is 5.48 Å². The molecule has 0 radical (unpaired) electrons. The molecule has 4 nitrogen and oxygen atoms in total. The quantitative estimate of drug-likeness (QED) is 0.775. The van der Waals surface area contributed by atoms with Crippen LogP contribution in [-0.4, -0.2) is 33.4 Å². The van der Waals surface area contributed by atoms with E-state index >= 15 is 0 Å². The van der Waals surface area contributed by atoms with Crippen LogP contribution in [0.4, 0.5) is 5.69 Å². The Hall–Kier alpha value is -1.10. The number of hydrogen-bond acceptors (Lipinski definition) is 4. The number of rotatable bonds is 4. The number of benzene rings is 1. The number of hydrogen-bond donors (Lipinski definition) is 1. The third-order valence-corrected chi connectivity index (χ3v) is 2.73. The summed E-state index contributed by atoms with van der Waals surface area (Å²) in [5.41, 5.74) is 5.32. The zero-order valence-corrected chi connectivity index (χ0v) is 9.61. The molecule has 1 aromatic carbocycles. The molecule has 4 heteroatoms. The maximum absolute atomic E-state index is 5.33. The van der Waals surface area contributed by atoms with Gasteiger partial charge < -0.3 is 14.5 Å². The summed E-state index contributed by atoms with van der Waals surface area (Å²) in [5.74, 6) is 0. The molecule has 16 heavy (non-hydrogen) atoms. The van der Waals surface area contributed by atoms with Crippen LogP contribution in [0.5, 0.6) is 0 Å². The van der Waals surface area contributed by atoms with Crippen molar-refractivity contribution in [2.24, 2.45) is 0 Å². The Labute approximate surface area is 96.1 Å². The molecule has 0 saturated carbocycles. The van der Waals surface area contributed by atoms with E-state index in [-0.39, 0.29) is 0 Å². The Morgan fingerprint density at radius 1 is 1.25 bits per heavy atom. The van der Waals surface area contributed by atoms with E-state index in [4.69, 9.17) is 9.57 Å². The Balaban J connectivity index is 1.95. The Morgan fingerprint density at radius 2 is 1.94 bits per heavy atom. The molecule has 1 aromatic rings. The smallest absolute Gasteiger partial charge is 0.0642 e. The summed E-state index contributed by atoms with van der Waals surface area (Å²) < 4.78 is 5.33. The highest BCUT2D eigenvalue weighted by Crippen LogP contribution is 2.16. The lowest BCUT2D eigenvalue weighted by molar-refractivity contribution is 0.0867. The van der Waals surface area contributed by atoms with E-state index in [0.717, 1.165) is 32.8 Å². The van der Waals surface area contributed by atoms with Gasteiger partial charge in [-0.25, -0.2) is 0 Å². The second kappa shape index (κ2) is 5.84. The standard InChI is InChI=1S/C12H18N2O2/c1-15-13-10-11-2-4-12(5-3-11)14-6-8-16-9-7-14/h2-5,13H,6-10H2,1H3. The maximum atomic E-state index is 5.33. The summed E-state index contributed by atoms with van der Waals surface area (Å²) >= 11 is 0. The molecule has 0 aliphatic carbocycles. The minimum Gasteiger partial charge on any atom is -0.378 e. The Bertz CT molecular complexity index is 307. The fourth-order valence-electron chi connectivity index (χ4n) is 1.80. The third-order valence-electron chi connectivity index (χ3n) is 2.73. The van der Waals surface area contributed by atoms with Gasteiger partial charge in [0.25, 0.3) is 0 Å². The van der Waals surface area contributed by atoms with Crippen LogP contribution in [0.3, 0.4) is 0 Å². The van der Waals surface area contributed by atoms with Crippen molar-refractivity contribution in [3.05, 3.63) is 29.8 Å². The molecule has 0 spiro atoms. The van der Waals surface area contributed by atoms with Crippen molar-refractivity contribution in [2.75, 3.05) is 38.3 Å². The fraction of sp³-hybridized carbons (Fsp3) is 0.500. The molecule has 1 aliphatic heterocycles. The first kappa shape index (κ1) is 11.4. The number of anilines is 1. The van der Waals surface area contributed by atoms with Crippen molar-refractivity contribution >= 4 is 5.69 Å². The summed E-state index contributed by atoms with van der Waals surface area (Å²) in [6.07, 6.45) is 0. The molecule has 0 aromatic heterocycles. The average molecular weight is 222 g/mol. The number of nitrogens with zero attached hydrogens (tertiary/aromatic N) is 1. The molecule has 1 fully saturated rings. The fourth-order valence-corrected chi connectivity index (χ4v) is 1.80. The van der Waals surface area contributed by atoms with Crippen LogP contribution in [0.25, 0.3) is 0 Å². The molecule has 0 bridgehead atoms. The van der Waals surface area contributed by atoms with E-state index in [0.29, 0.717) is 0 Å². The topological polar surface area (TPSA) is 33.7 Å². The summed E-state index contributed by atoms with van der Waals surface area (Å²) in [6.45, 7) is 4.35. The monoisotopic (exact) mass is 222 g/mol. The minimum atomic E-state index is 0.736. The van der Waals surface area contributed by atoms with Crippen molar-refractivity contribution in [2.45, 2.75) is 6.54 Å². The second-order valence-electron chi connectivity index (χ2n) is 3.79.